The van der Waals surface area contributed by atoms with Gasteiger partial charge in [0.1, 0.15) is 5.75 Å². The van der Waals surface area contributed by atoms with Crippen LogP contribution >= 0.6 is 11.6 Å². The Hall–Kier alpha value is -1.26. The lowest BCUT2D eigenvalue weighted by molar-refractivity contribution is -0.117. The highest BCUT2D eigenvalue weighted by Gasteiger charge is 2.06. The molecule has 5 heteroatoms. The second kappa shape index (κ2) is 5.58. The zero-order chi connectivity index (χ0) is 11.3. The first-order valence-corrected chi connectivity index (χ1v) is 4.78. The Morgan fingerprint density at radius 1 is 1.60 bits per heavy atom. The molecule has 0 atom stereocenters. The molecule has 2 N–H and O–H groups in total. The van der Waals surface area contributed by atoms with E-state index in [4.69, 9.17) is 16.3 Å². The minimum Gasteiger partial charge on any atom is -0.506 e. The van der Waals surface area contributed by atoms with Crippen molar-refractivity contribution in [3.63, 3.8) is 0 Å². The highest BCUT2D eigenvalue weighted by Crippen LogP contribution is 2.26. The van der Waals surface area contributed by atoms with Crippen LogP contribution in [0.15, 0.2) is 18.2 Å². The van der Waals surface area contributed by atoms with Crippen LogP contribution in [-0.4, -0.2) is 24.7 Å². The Labute approximate surface area is 92.8 Å². The molecule has 0 bridgehead atoms. The fourth-order valence-electron chi connectivity index (χ4n) is 1.02. The highest BCUT2D eigenvalue weighted by atomic mass is 35.5. The first-order chi connectivity index (χ1) is 7.13. The monoisotopic (exact) mass is 229 g/mol. The van der Waals surface area contributed by atoms with E-state index in [-0.39, 0.29) is 18.1 Å². The van der Waals surface area contributed by atoms with Gasteiger partial charge in [-0.05, 0) is 12.1 Å². The van der Waals surface area contributed by atoms with Gasteiger partial charge in [0.2, 0.25) is 5.91 Å². The van der Waals surface area contributed by atoms with Gasteiger partial charge in [-0.15, -0.1) is 0 Å². The molecule has 0 aliphatic rings. The molecule has 0 fully saturated rings. The average Bonchev–Trinajstić information content (AvgIpc) is 2.19. The smallest absolute Gasteiger partial charge is 0.226 e. The number of hydrogen-bond donors (Lipinski definition) is 2. The summed E-state index contributed by atoms with van der Waals surface area (Å²) in [5.41, 5.74) is 0.348. The van der Waals surface area contributed by atoms with Crippen LogP contribution in [-0.2, 0) is 9.53 Å². The first kappa shape index (κ1) is 11.8. The van der Waals surface area contributed by atoms with Crippen LogP contribution in [0.2, 0.25) is 5.02 Å². The molecule has 1 rings (SSSR count). The molecule has 0 saturated carbocycles. The van der Waals surface area contributed by atoms with Gasteiger partial charge < -0.3 is 15.2 Å². The molecule has 1 amide bonds. The predicted molar refractivity (Wildman–Crippen MR) is 58.2 cm³/mol. The number of halogens is 1. The lowest BCUT2D eigenvalue weighted by Crippen LogP contribution is -2.13. The van der Waals surface area contributed by atoms with Crippen LogP contribution in [0.5, 0.6) is 5.75 Å². The van der Waals surface area contributed by atoms with Crippen molar-refractivity contribution < 1.29 is 14.6 Å². The molecule has 0 radical (unpaired) electrons. The van der Waals surface area contributed by atoms with Crippen LogP contribution in [0.4, 0.5) is 5.69 Å². The molecule has 0 aliphatic heterocycles. The van der Waals surface area contributed by atoms with Gasteiger partial charge in [0.05, 0.1) is 18.7 Å². The summed E-state index contributed by atoms with van der Waals surface area (Å²) in [7, 11) is 1.52. The second-order valence-corrected chi connectivity index (χ2v) is 3.39. The van der Waals surface area contributed by atoms with Crippen LogP contribution in [0.3, 0.4) is 0 Å². The summed E-state index contributed by atoms with van der Waals surface area (Å²) < 4.78 is 4.76. The third-order valence-electron chi connectivity index (χ3n) is 1.77. The van der Waals surface area contributed by atoms with Gasteiger partial charge in [0.15, 0.2) is 0 Å². The molecule has 0 saturated heterocycles. The predicted octanol–water partition coefficient (Wildman–Crippen LogP) is 2.02. The van der Waals surface area contributed by atoms with Gasteiger partial charge in [-0.1, -0.05) is 11.6 Å². The average molecular weight is 230 g/mol. The maximum Gasteiger partial charge on any atom is 0.226 e. The number of hydrogen-bond acceptors (Lipinski definition) is 3. The summed E-state index contributed by atoms with van der Waals surface area (Å²) in [6.07, 6.45) is 0.249. The van der Waals surface area contributed by atoms with E-state index >= 15 is 0 Å². The van der Waals surface area contributed by atoms with E-state index in [2.05, 4.69) is 5.32 Å². The molecule has 0 spiro atoms. The number of carbonyl (C=O) groups excluding carboxylic acids is 1. The van der Waals surface area contributed by atoms with E-state index in [0.29, 0.717) is 17.3 Å². The van der Waals surface area contributed by atoms with Gasteiger partial charge in [-0.3, -0.25) is 4.79 Å². The van der Waals surface area contributed by atoms with Crippen LogP contribution in [0.1, 0.15) is 6.42 Å². The van der Waals surface area contributed by atoms with Gasteiger partial charge in [-0.25, -0.2) is 0 Å². The standard InChI is InChI=1S/C10H12ClNO3/c1-15-5-4-10(14)12-8-3-2-7(11)6-9(8)13/h2-3,6,13H,4-5H2,1H3,(H,12,14). The second-order valence-electron chi connectivity index (χ2n) is 2.95. The largest absolute Gasteiger partial charge is 0.506 e. The number of phenols is 1. The summed E-state index contributed by atoms with van der Waals surface area (Å²) in [6, 6.07) is 4.50. The van der Waals surface area contributed by atoms with Gasteiger partial charge >= 0.3 is 0 Å². The number of carbonyl (C=O) groups is 1. The summed E-state index contributed by atoms with van der Waals surface area (Å²) >= 11 is 5.64. The number of rotatable bonds is 4. The minimum absolute atomic E-state index is 0.0479. The number of ether oxygens (including phenoxy) is 1. The molecule has 4 nitrogen and oxygen atoms in total. The van der Waals surface area contributed by atoms with Gasteiger partial charge in [-0.2, -0.15) is 0 Å². The number of nitrogens with one attached hydrogen (secondary N) is 1. The molecule has 0 aromatic heterocycles. The zero-order valence-electron chi connectivity index (χ0n) is 8.29. The number of amides is 1. The molecule has 0 heterocycles. The summed E-state index contributed by atoms with van der Waals surface area (Å²) in [4.78, 5) is 11.3. The van der Waals surface area contributed by atoms with Crippen molar-refractivity contribution in [2.45, 2.75) is 6.42 Å². The number of phenolic OH excluding ortho intramolecular Hbond substituents is 1. The first-order valence-electron chi connectivity index (χ1n) is 4.41. The van der Waals surface area contributed by atoms with E-state index < -0.39 is 0 Å². The quantitative estimate of drug-likeness (QED) is 0.777. The molecular formula is C10H12ClNO3. The molecule has 82 valence electrons. The van der Waals surface area contributed by atoms with Crippen molar-refractivity contribution >= 4 is 23.2 Å². The van der Waals surface area contributed by atoms with E-state index in [1.807, 2.05) is 0 Å². The fourth-order valence-corrected chi connectivity index (χ4v) is 1.18. The van der Waals surface area contributed by atoms with Gasteiger partial charge in [0.25, 0.3) is 0 Å². The van der Waals surface area contributed by atoms with Gasteiger partial charge in [0, 0.05) is 18.2 Å². The number of aromatic hydroxyl groups is 1. The molecule has 1 aromatic carbocycles. The maximum atomic E-state index is 11.3. The topological polar surface area (TPSA) is 58.6 Å². The van der Waals surface area contributed by atoms with E-state index in [0.717, 1.165) is 0 Å². The third-order valence-corrected chi connectivity index (χ3v) is 2.00. The van der Waals surface area contributed by atoms with Crippen LogP contribution < -0.4 is 5.32 Å². The third kappa shape index (κ3) is 3.77. The Morgan fingerprint density at radius 2 is 2.33 bits per heavy atom. The summed E-state index contributed by atoms with van der Waals surface area (Å²) in [5, 5.41) is 12.4. The zero-order valence-corrected chi connectivity index (χ0v) is 9.04. The normalized spacial score (nSPS) is 10.0. The fraction of sp³-hybridized carbons (Fsp3) is 0.300. The Kier molecular flexibility index (Phi) is 4.39. The van der Waals surface area contributed by atoms with Crippen LogP contribution in [0.25, 0.3) is 0 Å². The summed E-state index contributed by atoms with van der Waals surface area (Å²) in [5.74, 6) is -0.261. The van der Waals surface area contributed by atoms with Crippen molar-refractivity contribution in [3.05, 3.63) is 23.2 Å². The lowest BCUT2D eigenvalue weighted by atomic mass is 10.3. The van der Waals surface area contributed by atoms with Crippen molar-refractivity contribution in [1.29, 1.82) is 0 Å². The lowest BCUT2D eigenvalue weighted by Gasteiger charge is -2.06. The Balaban J connectivity index is 2.60. The van der Waals surface area contributed by atoms with Crippen molar-refractivity contribution in [3.8, 4) is 5.75 Å². The number of benzene rings is 1. The molecule has 0 unspecified atom stereocenters. The van der Waals surface area contributed by atoms with Crippen molar-refractivity contribution in [1.82, 2.24) is 0 Å². The maximum absolute atomic E-state index is 11.3. The van der Waals surface area contributed by atoms with Crippen molar-refractivity contribution in [2.75, 3.05) is 19.0 Å². The van der Waals surface area contributed by atoms with Crippen LogP contribution in [0, 0.1) is 0 Å². The Bertz CT molecular complexity index is 355. The Morgan fingerprint density at radius 3 is 2.93 bits per heavy atom. The number of methoxy groups -OCH3 is 1. The number of anilines is 1. The highest BCUT2D eigenvalue weighted by molar-refractivity contribution is 6.30. The summed E-state index contributed by atoms with van der Waals surface area (Å²) in [6.45, 7) is 0.347. The van der Waals surface area contributed by atoms with E-state index in [1.54, 1.807) is 12.1 Å². The molecule has 1 aromatic rings. The SMILES string of the molecule is COCCC(=O)Nc1ccc(Cl)cc1O. The molecule has 15 heavy (non-hydrogen) atoms. The minimum atomic E-state index is -0.213. The molecule has 0 aliphatic carbocycles. The van der Waals surface area contributed by atoms with E-state index in [9.17, 15) is 9.90 Å². The van der Waals surface area contributed by atoms with E-state index in [1.165, 1.54) is 13.2 Å². The molecular weight excluding hydrogens is 218 g/mol. The van der Waals surface area contributed by atoms with Crippen molar-refractivity contribution in [2.24, 2.45) is 0 Å².